The molecule has 0 unspecified atom stereocenters. The summed E-state index contributed by atoms with van der Waals surface area (Å²) in [6.07, 6.45) is 3.18. The van der Waals surface area contributed by atoms with Crippen molar-refractivity contribution in [2.45, 2.75) is 6.42 Å². The van der Waals surface area contributed by atoms with Crippen LogP contribution in [0.15, 0.2) is 42.7 Å². The third kappa shape index (κ3) is 2.15. The lowest BCUT2D eigenvalue weighted by Crippen LogP contribution is -2.00. The second-order valence-electron chi connectivity index (χ2n) is 4.08. The number of carbonyl (C=O) groups is 1. The molecule has 0 atom stereocenters. The van der Waals surface area contributed by atoms with Crippen LogP contribution in [-0.2, 0) is 11.2 Å². The van der Waals surface area contributed by atoms with Gasteiger partial charge in [0.1, 0.15) is 0 Å². The molecule has 0 aliphatic rings. The Morgan fingerprint density at radius 3 is 2.95 bits per heavy atom. The van der Waals surface area contributed by atoms with Gasteiger partial charge in [0.05, 0.1) is 29.5 Å². The van der Waals surface area contributed by atoms with E-state index in [1.807, 2.05) is 30.3 Å². The fraction of sp³-hybridized carbons (Fsp3) is 0.0769. The van der Waals surface area contributed by atoms with Gasteiger partial charge in [0.2, 0.25) is 0 Å². The summed E-state index contributed by atoms with van der Waals surface area (Å²) < 4.78 is 1.55. The predicted molar refractivity (Wildman–Crippen MR) is 68.0 cm³/mol. The van der Waals surface area contributed by atoms with E-state index in [0.29, 0.717) is 5.69 Å². The van der Waals surface area contributed by atoms with Crippen molar-refractivity contribution in [1.29, 1.82) is 0 Å². The minimum atomic E-state index is -0.928. The number of hydrogen-bond donors (Lipinski definition) is 1. The molecule has 2 aromatic heterocycles. The number of benzene rings is 1. The molecule has 0 amide bonds. The van der Waals surface area contributed by atoms with E-state index in [9.17, 15) is 4.79 Å². The maximum atomic E-state index is 10.6. The van der Waals surface area contributed by atoms with Crippen molar-refractivity contribution >= 4 is 16.9 Å². The van der Waals surface area contributed by atoms with Gasteiger partial charge in [-0.15, -0.1) is 5.10 Å². The Labute approximate surface area is 108 Å². The van der Waals surface area contributed by atoms with Gasteiger partial charge in [-0.2, -0.15) is 0 Å². The number of carboxylic acid groups (broad SMARTS) is 1. The first-order chi connectivity index (χ1) is 9.24. The molecule has 0 radical (unpaired) electrons. The second kappa shape index (κ2) is 4.49. The lowest BCUT2D eigenvalue weighted by atomic mass is 10.2. The molecule has 1 aromatic carbocycles. The summed E-state index contributed by atoms with van der Waals surface area (Å²) in [5, 5.41) is 17.5. The average Bonchev–Trinajstić information content (AvgIpc) is 2.85. The molecule has 0 aliphatic carbocycles. The molecule has 0 bridgehead atoms. The first-order valence-electron chi connectivity index (χ1n) is 5.71. The summed E-state index contributed by atoms with van der Waals surface area (Å²) in [7, 11) is 0. The van der Waals surface area contributed by atoms with Gasteiger partial charge in [0.25, 0.3) is 0 Å². The largest absolute Gasteiger partial charge is 0.481 e. The minimum Gasteiger partial charge on any atom is -0.481 e. The van der Waals surface area contributed by atoms with Crippen LogP contribution in [-0.4, -0.2) is 31.1 Å². The van der Waals surface area contributed by atoms with E-state index in [1.54, 1.807) is 17.1 Å². The standard InChI is InChI=1S/C13H10N4O2/c18-12(19)7-10-8-17(16-15-10)11-5-1-3-9-4-2-6-14-13(9)11/h1-6,8H,7H2,(H,18,19). The molecule has 19 heavy (non-hydrogen) atoms. The highest BCUT2D eigenvalue weighted by Crippen LogP contribution is 2.19. The number of nitrogens with zero attached hydrogens (tertiary/aromatic N) is 4. The Morgan fingerprint density at radius 2 is 2.11 bits per heavy atom. The smallest absolute Gasteiger partial charge is 0.309 e. The van der Waals surface area contributed by atoms with Crippen LogP contribution in [0.3, 0.4) is 0 Å². The van der Waals surface area contributed by atoms with Gasteiger partial charge >= 0.3 is 5.97 Å². The predicted octanol–water partition coefficient (Wildman–Crippen LogP) is 1.44. The number of rotatable bonds is 3. The Balaban J connectivity index is 2.09. The zero-order valence-electron chi connectivity index (χ0n) is 9.89. The topological polar surface area (TPSA) is 80.9 Å². The number of pyridine rings is 1. The van der Waals surface area contributed by atoms with Crippen molar-refractivity contribution in [1.82, 2.24) is 20.0 Å². The SMILES string of the molecule is O=C(O)Cc1cn(-c2cccc3cccnc23)nn1. The molecular formula is C13H10N4O2. The Kier molecular flexibility index (Phi) is 2.68. The summed E-state index contributed by atoms with van der Waals surface area (Å²) >= 11 is 0. The molecular weight excluding hydrogens is 244 g/mol. The summed E-state index contributed by atoms with van der Waals surface area (Å²) in [6.45, 7) is 0. The quantitative estimate of drug-likeness (QED) is 0.765. The summed E-state index contributed by atoms with van der Waals surface area (Å²) in [5.74, 6) is -0.928. The van der Waals surface area contributed by atoms with Crippen LogP contribution in [0, 0.1) is 0 Å². The highest BCUT2D eigenvalue weighted by molar-refractivity contribution is 5.86. The van der Waals surface area contributed by atoms with Crippen LogP contribution in [0.2, 0.25) is 0 Å². The fourth-order valence-corrected chi connectivity index (χ4v) is 1.93. The van der Waals surface area contributed by atoms with Gasteiger partial charge in [-0.25, -0.2) is 4.68 Å². The number of aliphatic carboxylic acids is 1. The summed E-state index contributed by atoms with van der Waals surface area (Å²) in [6, 6.07) is 9.55. The van der Waals surface area contributed by atoms with Crippen molar-refractivity contribution in [3.05, 3.63) is 48.4 Å². The van der Waals surface area contributed by atoms with Gasteiger partial charge in [-0.05, 0) is 12.1 Å². The number of aromatic nitrogens is 4. The van der Waals surface area contributed by atoms with Crippen LogP contribution in [0.5, 0.6) is 0 Å². The maximum absolute atomic E-state index is 10.6. The number of carboxylic acids is 1. The lowest BCUT2D eigenvalue weighted by Gasteiger charge is -2.03. The van der Waals surface area contributed by atoms with Gasteiger partial charge in [0.15, 0.2) is 0 Å². The van der Waals surface area contributed by atoms with E-state index in [4.69, 9.17) is 5.11 Å². The first-order valence-corrected chi connectivity index (χ1v) is 5.71. The number of fused-ring (bicyclic) bond motifs is 1. The van der Waals surface area contributed by atoms with E-state index >= 15 is 0 Å². The molecule has 6 nitrogen and oxygen atoms in total. The Morgan fingerprint density at radius 1 is 1.26 bits per heavy atom. The molecule has 0 saturated heterocycles. The zero-order chi connectivity index (χ0) is 13.2. The Hall–Kier alpha value is -2.76. The molecule has 1 N–H and O–H groups in total. The molecule has 0 saturated carbocycles. The van der Waals surface area contributed by atoms with Gasteiger partial charge in [-0.3, -0.25) is 9.78 Å². The monoisotopic (exact) mass is 254 g/mol. The van der Waals surface area contributed by atoms with Crippen LogP contribution < -0.4 is 0 Å². The van der Waals surface area contributed by atoms with Crippen LogP contribution in [0.25, 0.3) is 16.6 Å². The van der Waals surface area contributed by atoms with Crippen LogP contribution >= 0.6 is 0 Å². The van der Waals surface area contributed by atoms with Crippen molar-refractivity contribution < 1.29 is 9.90 Å². The first kappa shape index (κ1) is 11.3. The number of para-hydroxylation sites is 1. The molecule has 0 aliphatic heterocycles. The lowest BCUT2D eigenvalue weighted by molar-refractivity contribution is -0.136. The van der Waals surface area contributed by atoms with Crippen molar-refractivity contribution in [2.75, 3.05) is 0 Å². The van der Waals surface area contributed by atoms with E-state index in [-0.39, 0.29) is 6.42 Å². The molecule has 94 valence electrons. The van der Waals surface area contributed by atoms with Crippen LogP contribution in [0.4, 0.5) is 0 Å². The van der Waals surface area contributed by atoms with E-state index < -0.39 is 5.97 Å². The van der Waals surface area contributed by atoms with Gasteiger partial charge in [0, 0.05) is 11.6 Å². The maximum Gasteiger partial charge on any atom is 0.309 e. The van der Waals surface area contributed by atoms with Crippen molar-refractivity contribution in [2.24, 2.45) is 0 Å². The van der Waals surface area contributed by atoms with E-state index in [0.717, 1.165) is 16.6 Å². The highest BCUT2D eigenvalue weighted by Gasteiger charge is 2.09. The van der Waals surface area contributed by atoms with E-state index in [2.05, 4.69) is 15.3 Å². The van der Waals surface area contributed by atoms with Crippen molar-refractivity contribution in [3.8, 4) is 5.69 Å². The third-order valence-corrected chi connectivity index (χ3v) is 2.73. The molecule has 6 heteroatoms. The third-order valence-electron chi connectivity index (χ3n) is 2.73. The van der Waals surface area contributed by atoms with Gasteiger partial charge < -0.3 is 5.11 Å². The fourth-order valence-electron chi connectivity index (χ4n) is 1.93. The normalized spacial score (nSPS) is 10.7. The summed E-state index contributed by atoms with van der Waals surface area (Å²) in [4.78, 5) is 15.0. The van der Waals surface area contributed by atoms with Gasteiger partial charge in [-0.1, -0.05) is 23.4 Å². The zero-order valence-corrected chi connectivity index (χ0v) is 9.89. The average molecular weight is 254 g/mol. The molecule has 3 rings (SSSR count). The minimum absolute atomic E-state index is 0.141. The number of hydrogen-bond acceptors (Lipinski definition) is 4. The molecule has 2 heterocycles. The van der Waals surface area contributed by atoms with E-state index in [1.165, 1.54) is 0 Å². The highest BCUT2D eigenvalue weighted by atomic mass is 16.4. The van der Waals surface area contributed by atoms with Crippen molar-refractivity contribution in [3.63, 3.8) is 0 Å². The second-order valence-corrected chi connectivity index (χ2v) is 4.08. The molecule has 3 aromatic rings. The summed E-state index contributed by atoms with van der Waals surface area (Å²) in [5.41, 5.74) is 2.00. The molecule has 0 fully saturated rings. The Bertz CT molecular complexity index is 746. The van der Waals surface area contributed by atoms with Crippen LogP contribution in [0.1, 0.15) is 5.69 Å². The molecule has 0 spiro atoms.